The van der Waals surface area contributed by atoms with Crippen LogP contribution in [0.25, 0.3) is 10.9 Å². The molecule has 6 rings (SSSR count). The molecule has 2 aromatic carbocycles. The number of aromatic nitrogens is 1. The number of amides is 1. The number of fused-ring (bicyclic) bond motifs is 1. The predicted molar refractivity (Wildman–Crippen MR) is 150 cm³/mol. The van der Waals surface area contributed by atoms with E-state index in [0.29, 0.717) is 34.3 Å². The lowest BCUT2D eigenvalue weighted by molar-refractivity contribution is -0.106. The van der Waals surface area contributed by atoms with E-state index in [-0.39, 0.29) is 37.3 Å². The van der Waals surface area contributed by atoms with Crippen LogP contribution in [-0.4, -0.2) is 50.6 Å². The number of carbonyl (C=O) groups is 1. The molecular formula is C29H30BrF3N4O2. The molecule has 1 amide bonds. The molecule has 0 bridgehead atoms. The van der Waals surface area contributed by atoms with Crippen LogP contribution in [0.15, 0.2) is 40.9 Å². The first-order chi connectivity index (χ1) is 18.7. The second kappa shape index (κ2) is 9.87. The average Bonchev–Trinajstić information content (AvgIpc) is 3.69. The number of methoxy groups -OCH3 is 1. The van der Waals surface area contributed by atoms with Crippen LogP contribution in [0.2, 0.25) is 0 Å². The SMILES string of the molecule is COc1ccc2cc(N(C=O)c3ccc(Br)cc3N3CCC4(CC3)CC4)c(F)c(N3CCC(F)(F)CC3)c2n1. The Balaban J connectivity index is 1.46. The van der Waals surface area contributed by atoms with Crippen molar-refractivity contribution in [1.82, 2.24) is 4.98 Å². The van der Waals surface area contributed by atoms with Crippen molar-refractivity contribution in [1.29, 1.82) is 0 Å². The quantitative estimate of drug-likeness (QED) is 0.283. The number of pyridine rings is 1. The lowest BCUT2D eigenvalue weighted by Crippen LogP contribution is -2.40. The number of nitrogens with zero attached hydrogens (tertiary/aromatic N) is 4. The van der Waals surface area contributed by atoms with Crippen molar-refractivity contribution in [3.8, 4) is 5.88 Å². The largest absolute Gasteiger partial charge is 0.481 e. The number of hydrogen-bond acceptors (Lipinski definition) is 5. The molecule has 10 heteroatoms. The minimum atomic E-state index is -2.79. The van der Waals surface area contributed by atoms with Gasteiger partial charge in [0.15, 0.2) is 5.82 Å². The third-order valence-electron chi connectivity index (χ3n) is 8.55. The van der Waals surface area contributed by atoms with Gasteiger partial charge in [-0.15, -0.1) is 0 Å². The highest BCUT2D eigenvalue weighted by atomic mass is 79.9. The van der Waals surface area contributed by atoms with Crippen molar-refractivity contribution in [2.45, 2.75) is 44.4 Å². The zero-order valence-electron chi connectivity index (χ0n) is 21.7. The van der Waals surface area contributed by atoms with Crippen molar-refractivity contribution < 1.29 is 22.7 Å². The van der Waals surface area contributed by atoms with Crippen molar-refractivity contribution in [3.63, 3.8) is 0 Å². The molecule has 3 aromatic rings. The molecule has 3 heterocycles. The number of halogens is 4. The van der Waals surface area contributed by atoms with Crippen molar-refractivity contribution in [2.75, 3.05) is 48.0 Å². The Morgan fingerprint density at radius 1 is 0.949 bits per heavy atom. The summed E-state index contributed by atoms with van der Waals surface area (Å²) in [6.07, 6.45) is 4.61. The highest BCUT2D eigenvalue weighted by Crippen LogP contribution is 2.54. The number of benzene rings is 2. The van der Waals surface area contributed by atoms with Crippen LogP contribution in [0.4, 0.5) is 35.9 Å². The van der Waals surface area contributed by atoms with Crippen LogP contribution in [0.3, 0.4) is 0 Å². The summed E-state index contributed by atoms with van der Waals surface area (Å²) in [5.74, 6) is -3.18. The monoisotopic (exact) mass is 602 g/mol. The van der Waals surface area contributed by atoms with Crippen LogP contribution >= 0.6 is 15.9 Å². The Bertz CT molecular complexity index is 1410. The molecule has 2 saturated heterocycles. The maximum absolute atomic E-state index is 16.6. The van der Waals surface area contributed by atoms with Gasteiger partial charge in [0, 0.05) is 54.9 Å². The smallest absolute Gasteiger partial charge is 0.251 e. The molecule has 6 nitrogen and oxygen atoms in total. The molecule has 0 atom stereocenters. The van der Waals surface area contributed by atoms with Gasteiger partial charge < -0.3 is 14.5 Å². The van der Waals surface area contributed by atoms with Crippen molar-refractivity contribution in [2.24, 2.45) is 5.41 Å². The Kier molecular flexibility index (Phi) is 6.64. The van der Waals surface area contributed by atoms with E-state index in [1.54, 1.807) is 23.1 Å². The first kappa shape index (κ1) is 26.2. The number of alkyl halides is 2. The van der Waals surface area contributed by atoms with Crippen LogP contribution in [0.5, 0.6) is 5.88 Å². The molecule has 206 valence electrons. The highest BCUT2D eigenvalue weighted by Gasteiger charge is 2.45. The third kappa shape index (κ3) is 4.92. The van der Waals surface area contributed by atoms with Gasteiger partial charge in [-0.3, -0.25) is 9.69 Å². The van der Waals surface area contributed by atoms with Gasteiger partial charge in [-0.25, -0.2) is 18.2 Å². The van der Waals surface area contributed by atoms with E-state index in [0.717, 1.165) is 36.1 Å². The van der Waals surface area contributed by atoms with Crippen LogP contribution in [0.1, 0.15) is 38.5 Å². The van der Waals surface area contributed by atoms with E-state index in [4.69, 9.17) is 4.74 Å². The molecule has 0 radical (unpaired) electrons. The fraction of sp³-hybridized carbons (Fsp3) is 0.448. The van der Waals surface area contributed by atoms with Gasteiger partial charge in [-0.05, 0) is 61.4 Å². The minimum Gasteiger partial charge on any atom is -0.481 e. The van der Waals surface area contributed by atoms with E-state index in [1.807, 2.05) is 18.2 Å². The molecule has 0 unspecified atom stereocenters. The van der Waals surface area contributed by atoms with Gasteiger partial charge in [0.25, 0.3) is 5.92 Å². The first-order valence-electron chi connectivity index (χ1n) is 13.3. The molecule has 1 saturated carbocycles. The summed E-state index contributed by atoms with van der Waals surface area (Å²) in [6, 6.07) is 10.6. The molecule has 3 aliphatic rings. The van der Waals surface area contributed by atoms with Crippen LogP contribution in [0, 0.1) is 11.2 Å². The second-order valence-corrected chi connectivity index (χ2v) is 11.8. The topological polar surface area (TPSA) is 48.9 Å². The first-order valence-corrected chi connectivity index (χ1v) is 14.1. The number of anilines is 4. The fourth-order valence-electron chi connectivity index (χ4n) is 5.92. The minimum absolute atomic E-state index is 0.0263. The van der Waals surface area contributed by atoms with Gasteiger partial charge in [0.1, 0.15) is 11.2 Å². The number of hydrogen-bond donors (Lipinski definition) is 0. The van der Waals surface area contributed by atoms with E-state index >= 15 is 4.39 Å². The van der Waals surface area contributed by atoms with Gasteiger partial charge >= 0.3 is 0 Å². The molecule has 1 spiro atoms. The summed E-state index contributed by atoms with van der Waals surface area (Å²) in [6.45, 7) is 1.68. The van der Waals surface area contributed by atoms with Crippen molar-refractivity contribution >= 4 is 56.0 Å². The summed E-state index contributed by atoms with van der Waals surface area (Å²) in [5.41, 5.74) is 2.36. The third-order valence-corrected chi connectivity index (χ3v) is 9.05. The van der Waals surface area contributed by atoms with Gasteiger partial charge in [0.2, 0.25) is 12.3 Å². The average molecular weight is 603 g/mol. The summed E-state index contributed by atoms with van der Waals surface area (Å²) < 4.78 is 50.7. The van der Waals surface area contributed by atoms with E-state index < -0.39 is 11.7 Å². The zero-order chi connectivity index (χ0) is 27.4. The summed E-state index contributed by atoms with van der Waals surface area (Å²) in [7, 11) is 1.47. The van der Waals surface area contributed by atoms with Gasteiger partial charge in [0.05, 0.1) is 24.2 Å². The van der Waals surface area contributed by atoms with Gasteiger partial charge in [-0.1, -0.05) is 15.9 Å². The maximum Gasteiger partial charge on any atom is 0.251 e. The zero-order valence-corrected chi connectivity index (χ0v) is 23.3. The maximum atomic E-state index is 16.6. The summed E-state index contributed by atoms with van der Waals surface area (Å²) >= 11 is 3.56. The molecular weight excluding hydrogens is 573 g/mol. The van der Waals surface area contributed by atoms with E-state index in [9.17, 15) is 13.6 Å². The number of rotatable bonds is 6. The predicted octanol–water partition coefficient (Wildman–Crippen LogP) is 7.06. The number of ether oxygens (including phenoxy) is 1. The fourth-order valence-corrected chi connectivity index (χ4v) is 6.27. The van der Waals surface area contributed by atoms with Crippen LogP contribution < -0.4 is 19.4 Å². The molecule has 39 heavy (non-hydrogen) atoms. The Labute approximate surface area is 233 Å². The van der Waals surface area contributed by atoms with Crippen molar-refractivity contribution in [3.05, 3.63) is 46.7 Å². The summed E-state index contributed by atoms with van der Waals surface area (Å²) in [5, 5.41) is 0.582. The number of piperidine rings is 2. The van der Waals surface area contributed by atoms with E-state index in [1.165, 1.54) is 24.9 Å². The Hall–Kier alpha value is -3.01. The molecule has 3 fully saturated rings. The summed E-state index contributed by atoms with van der Waals surface area (Å²) in [4.78, 5) is 22.3. The molecule has 0 N–H and O–H groups in total. The van der Waals surface area contributed by atoms with Gasteiger partial charge in [-0.2, -0.15) is 0 Å². The number of carbonyl (C=O) groups excluding carboxylic acids is 1. The lowest BCUT2D eigenvalue weighted by atomic mass is 9.93. The Morgan fingerprint density at radius 2 is 1.64 bits per heavy atom. The highest BCUT2D eigenvalue weighted by molar-refractivity contribution is 9.10. The van der Waals surface area contributed by atoms with E-state index in [2.05, 4.69) is 25.8 Å². The standard InChI is InChI=1S/C29H30BrF3N4O2/c1-39-24-5-2-19-16-23(25(31)27(26(19)34-24)36-14-10-29(32,33)11-15-36)37(18-38)21-4-3-20(30)17-22(21)35-12-8-28(6-7-28)9-13-35/h2-5,16-18H,6-15H2,1H3. The molecule has 2 aliphatic heterocycles. The van der Waals surface area contributed by atoms with Crippen LogP contribution in [-0.2, 0) is 4.79 Å². The normalized spacial score (nSPS) is 19.8. The second-order valence-electron chi connectivity index (χ2n) is 10.9. The molecule has 1 aliphatic carbocycles. The Morgan fingerprint density at radius 3 is 2.28 bits per heavy atom. The molecule has 1 aromatic heterocycles. The lowest BCUT2D eigenvalue weighted by Gasteiger charge is -2.37.